The molecule has 2 amide bonds. The molecule has 4 rings (SSSR count). The van der Waals surface area contributed by atoms with Crippen LogP contribution >= 0.6 is 0 Å². The number of ether oxygens (including phenoxy) is 1. The van der Waals surface area contributed by atoms with Gasteiger partial charge in [0.2, 0.25) is 0 Å². The van der Waals surface area contributed by atoms with Crippen LogP contribution in [0, 0.1) is 0 Å². The number of hydrogen-bond acceptors (Lipinski definition) is 4. The van der Waals surface area contributed by atoms with Crippen LogP contribution in [0.3, 0.4) is 0 Å². The van der Waals surface area contributed by atoms with Gasteiger partial charge in [0.25, 0.3) is 5.91 Å². The van der Waals surface area contributed by atoms with E-state index in [4.69, 9.17) is 4.74 Å². The van der Waals surface area contributed by atoms with E-state index in [0.29, 0.717) is 31.8 Å². The Bertz CT molecular complexity index is 911. The third-order valence-electron chi connectivity index (χ3n) is 5.38. The molecule has 0 fully saturated rings. The third kappa shape index (κ3) is 4.26. The minimum atomic E-state index is -0.379. The van der Waals surface area contributed by atoms with Gasteiger partial charge in [0, 0.05) is 32.3 Å². The van der Waals surface area contributed by atoms with Crippen LogP contribution < -0.4 is 0 Å². The van der Waals surface area contributed by atoms with Gasteiger partial charge < -0.3 is 19.4 Å². The lowest BCUT2D eigenvalue weighted by atomic mass is 10.0. The number of nitrogens with zero attached hydrogens (tertiary/aromatic N) is 3. The molecule has 6 nitrogen and oxygen atoms in total. The van der Waals surface area contributed by atoms with Crippen LogP contribution in [-0.4, -0.2) is 53.5 Å². The highest BCUT2D eigenvalue weighted by Crippen LogP contribution is 2.28. The van der Waals surface area contributed by atoms with Gasteiger partial charge in [-0.25, -0.2) is 4.79 Å². The van der Waals surface area contributed by atoms with E-state index in [-0.39, 0.29) is 25.2 Å². The van der Waals surface area contributed by atoms with Crippen molar-refractivity contribution in [2.45, 2.75) is 19.6 Å². The minimum absolute atomic E-state index is 0.00233. The molecule has 0 unspecified atom stereocenters. The second kappa shape index (κ2) is 8.39. The molecule has 0 N–H and O–H groups in total. The van der Waals surface area contributed by atoms with Gasteiger partial charge in [0.15, 0.2) is 0 Å². The second-order valence-corrected chi connectivity index (χ2v) is 7.47. The fourth-order valence-corrected chi connectivity index (χ4v) is 3.85. The van der Waals surface area contributed by atoms with Gasteiger partial charge >= 0.3 is 6.09 Å². The number of hydrogen-bond donors (Lipinski definition) is 0. The topological polar surface area (TPSA) is 53.1 Å². The van der Waals surface area contributed by atoms with Gasteiger partial charge in [0.1, 0.15) is 6.61 Å². The van der Waals surface area contributed by atoms with E-state index in [2.05, 4.69) is 4.90 Å². The Hall–Kier alpha value is -3.28. The molecule has 150 valence electrons. The van der Waals surface area contributed by atoms with E-state index in [1.165, 1.54) is 0 Å². The smallest absolute Gasteiger partial charge is 0.410 e. The summed E-state index contributed by atoms with van der Waals surface area (Å²) in [6.45, 7) is 2.19. The molecule has 2 heterocycles. The Labute approximate surface area is 171 Å². The van der Waals surface area contributed by atoms with Gasteiger partial charge in [-0.1, -0.05) is 60.7 Å². The standard InChI is InChI=1S/C23H25N3O3/c1-24-17-26(14-18-8-4-2-5-9-18)22(27)20-15-25(13-12-21(20)24)23(28)29-16-19-10-6-3-7-11-19/h2-11H,12-17H2,1H3. The van der Waals surface area contributed by atoms with E-state index < -0.39 is 0 Å². The SMILES string of the molecule is CN1CN(Cc2ccccc2)C(=O)C2=C1CCN(C(=O)OCc1ccccc1)C2. The van der Waals surface area contributed by atoms with E-state index in [1.807, 2.05) is 72.6 Å². The lowest BCUT2D eigenvalue weighted by Gasteiger charge is -2.42. The highest BCUT2D eigenvalue weighted by Gasteiger charge is 2.35. The number of rotatable bonds is 4. The molecule has 0 spiro atoms. The van der Waals surface area contributed by atoms with Crippen molar-refractivity contribution in [3.8, 4) is 0 Å². The zero-order valence-corrected chi connectivity index (χ0v) is 16.6. The summed E-state index contributed by atoms with van der Waals surface area (Å²) >= 11 is 0. The molecule has 2 aliphatic rings. The molecule has 2 aliphatic heterocycles. The first kappa shape index (κ1) is 19.1. The van der Waals surface area contributed by atoms with Crippen LogP contribution in [0.15, 0.2) is 71.9 Å². The maximum absolute atomic E-state index is 13.1. The average Bonchev–Trinajstić information content (AvgIpc) is 2.76. The van der Waals surface area contributed by atoms with Crippen molar-refractivity contribution < 1.29 is 14.3 Å². The molecule has 2 aromatic rings. The molecule has 0 atom stereocenters. The molecule has 0 aliphatic carbocycles. The first-order valence-corrected chi connectivity index (χ1v) is 9.84. The van der Waals surface area contributed by atoms with Crippen molar-refractivity contribution in [1.29, 1.82) is 0 Å². The number of benzene rings is 2. The monoisotopic (exact) mass is 391 g/mol. The van der Waals surface area contributed by atoms with E-state index >= 15 is 0 Å². The third-order valence-corrected chi connectivity index (χ3v) is 5.38. The minimum Gasteiger partial charge on any atom is -0.445 e. The predicted octanol–water partition coefficient (Wildman–Crippen LogP) is 3.21. The lowest BCUT2D eigenvalue weighted by molar-refractivity contribution is -0.131. The maximum Gasteiger partial charge on any atom is 0.410 e. The van der Waals surface area contributed by atoms with Crippen LogP contribution in [0.4, 0.5) is 4.79 Å². The average molecular weight is 391 g/mol. The van der Waals surface area contributed by atoms with E-state index in [9.17, 15) is 9.59 Å². The van der Waals surface area contributed by atoms with Crippen LogP contribution in [-0.2, 0) is 22.7 Å². The highest BCUT2D eigenvalue weighted by molar-refractivity contribution is 5.96. The summed E-state index contributed by atoms with van der Waals surface area (Å²) in [5.41, 5.74) is 3.76. The Kier molecular flexibility index (Phi) is 5.51. The van der Waals surface area contributed by atoms with Gasteiger partial charge in [-0.3, -0.25) is 4.79 Å². The van der Waals surface area contributed by atoms with Gasteiger partial charge in [-0.05, 0) is 11.1 Å². The molecular weight excluding hydrogens is 366 g/mol. The van der Waals surface area contributed by atoms with Gasteiger partial charge in [-0.2, -0.15) is 0 Å². The fourth-order valence-electron chi connectivity index (χ4n) is 3.85. The molecule has 0 saturated heterocycles. The van der Waals surface area contributed by atoms with Crippen molar-refractivity contribution in [1.82, 2.24) is 14.7 Å². The van der Waals surface area contributed by atoms with Crippen molar-refractivity contribution in [2.75, 3.05) is 26.8 Å². The predicted molar refractivity (Wildman–Crippen MR) is 109 cm³/mol. The van der Waals surface area contributed by atoms with Crippen molar-refractivity contribution in [3.05, 3.63) is 83.1 Å². The number of carbonyl (C=O) groups is 2. The summed E-state index contributed by atoms with van der Waals surface area (Å²) in [6, 6.07) is 19.6. The quantitative estimate of drug-likeness (QED) is 0.803. The Morgan fingerprint density at radius 1 is 1.00 bits per heavy atom. The lowest BCUT2D eigenvalue weighted by Crippen LogP contribution is -2.51. The Balaban J connectivity index is 1.42. The first-order valence-electron chi connectivity index (χ1n) is 9.84. The zero-order valence-electron chi connectivity index (χ0n) is 16.6. The fraction of sp³-hybridized carbons (Fsp3) is 0.304. The summed E-state index contributed by atoms with van der Waals surface area (Å²) in [5, 5.41) is 0. The van der Waals surface area contributed by atoms with Crippen LogP contribution in [0.5, 0.6) is 0 Å². The van der Waals surface area contributed by atoms with E-state index in [0.717, 1.165) is 16.8 Å². The van der Waals surface area contributed by atoms with Crippen molar-refractivity contribution in [2.24, 2.45) is 0 Å². The largest absolute Gasteiger partial charge is 0.445 e. The van der Waals surface area contributed by atoms with E-state index in [1.54, 1.807) is 4.90 Å². The summed E-state index contributed by atoms with van der Waals surface area (Å²) in [4.78, 5) is 31.2. The normalized spacial score (nSPS) is 16.7. The Morgan fingerprint density at radius 3 is 2.34 bits per heavy atom. The van der Waals surface area contributed by atoms with Gasteiger partial charge in [0.05, 0.1) is 18.8 Å². The first-order chi connectivity index (χ1) is 14.1. The molecule has 0 bridgehead atoms. The second-order valence-electron chi connectivity index (χ2n) is 7.47. The summed E-state index contributed by atoms with van der Waals surface area (Å²) < 4.78 is 5.46. The van der Waals surface area contributed by atoms with Crippen LogP contribution in [0.1, 0.15) is 17.5 Å². The molecule has 0 radical (unpaired) electrons. The molecule has 0 aromatic heterocycles. The molecule has 2 aromatic carbocycles. The molecular formula is C23H25N3O3. The van der Waals surface area contributed by atoms with Crippen LogP contribution in [0.25, 0.3) is 0 Å². The van der Waals surface area contributed by atoms with Crippen LogP contribution in [0.2, 0.25) is 0 Å². The Morgan fingerprint density at radius 2 is 1.66 bits per heavy atom. The zero-order chi connectivity index (χ0) is 20.2. The summed E-state index contributed by atoms with van der Waals surface area (Å²) in [7, 11) is 2.00. The number of amides is 2. The summed E-state index contributed by atoms with van der Waals surface area (Å²) in [5.74, 6) is 0.00233. The highest BCUT2D eigenvalue weighted by atomic mass is 16.6. The molecule has 29 heavy (non-hydrogen) atoms. The maximum atomic E-state index is 13.1. The van der Waals surface area contributed by atoms with Crippen molar-refractivity contribution in [3.63, 3.8) is 0 Å². The van der Waals surface area contributed by atoms with Gasteiger partial charge in [-0.15, -0.1) is 0 Å². The molecule has 6 heteroatoms. The van der Waals surface area contributed by atoms with Crippen molar-refractivity contribution >= 4 is 12.0 Å². The number of carbonyl (C=O) groups excluding carboxylic acids is 2. The molecule has 0 saturated carbocycles. The summed E-state index contributed by atoms with van der Waals surface area (Å²) in [6.07, 6.45) is 0.285.